The monoisotopic (exact) mass is 321 g/mol. The Kier molecular flexibility index (Phi) is 4.52. The lowest BCUT2D eigenvalue weighted by Crippen LogP contribution is -2.21. The van der Waals surface area contributed by atoms with Gasteiger partial charge in [-0.1, -0.05) is 22.0 Å². The largest absolute Gasteiger partial charge is 0.491 e. The molecule has 0 saturated carbocycles. The zero-order valence-corrected chi connectivity index (χ0v) is 11.7. The topological polar surface area (TPSA) is 48.3 Å². The van der Waals surface area contributed by atoms with E-state index in [1.807, 2.05) is 0 Å². The lowest BCUT2D eigenvalue weighted by Gasteiger charge is -2.09. The molecule has 5 heteroatoms. The van der Waals surface area contributed by atoms with E-state index in [9.17, 15) is 9.59 Å². The van der Waals surface area contributed by atoms with Gasteiger partial charge in [-0.05, 0) is 24.3 Å². The number of hydrogen-bond acceptors (Lipinski definition) is 3. The molecular formula is C14H12BrNO3. The van der Waals surface area contributed by atoms with Crippen molar-refractivity contribution in [3.05, 3.63) is 63.0 Å². The number of carbonyl (C=O) groups is 1. The summed E-state index contributed by atoms with van der Waals surface area (Å²) in [5, 5.41) is 0. The van der Waals surface area contributed by atoms with Crippen LogP contribution >= 0.6 is 15.9 Å². The smallest absolute Gasteiger partial charge is 0.250 e. The number of pyridine rings is 1. The van der Waals surface area contributed by atoms with Crippen LogP contribution in [0.1, 0.15) is 10.4 Å². The van der Waals surface area contributed by atoms with Crippen molar-refractivity contribution >= 4 is 22.2 Å². The minimum Gasteiger partial charge on any atom is -0.491 e. The maximum Gasteiger partial charge on any atom is 0.250 e. The van der Waals surface area contributed by atoms with E-state index in [0.29, 0.717) is 24.5 Å². The fourth-order valence-corrected chi connectivity index (χ4v) is 2.02. The van der Waals surface area contributed by atoms with E-state index in [2.05, 4.69) is 15.9 Å². The van der Waals surface area contributed by atoms with E-state index in [-0.39, 0.29) is 5.56 Å². The lowest BCUT2D eigenvalue weighted by atomic mass is 10.2. The summed E-state index contributed by atoms with van der Waals surface area (Å²) < 4.78 is 7.91. The minimum atomic E-state index is -0.0717. The molecule has 0 fully saturated rings. The molecule has 0 aliphatic heterocycles. The second kappa shape index (κ2) is 6.33. The van der Waals surface area contributed by atoms with E-state index < -0.39 is 0 Å². The molecule has 0 saturated heterocycles. The summed E-state index contributed by atoms with van der Waals surface area (Å²) in [6.45, 7) is 0.764. The predicted octanol–water partition coefficient (Wildman–Crippen LogP) is 2.50. The fraction of sp³-hybridized carbons (Fsp3) is 0.143. The maximum absolute atomic E-state index is 11.5. The second-order valence-corrected chi connectivity index (χ2v) is 4.80. The van der Waals surface area contributed by atoms with Crippen LogP contribution in [0.25, 0.3) is 0 Å². The van der Waals surface area contributed by atoms with E-state index in [4.69, 9.17) is 4.74 Å². The first-order valence-electron chi connectivity index (χ1n) is 5.74. The maximum atomic E-state index is 11.5. The van der Waals surface area contributed by atoms with Crippen molar-refractivity contribution in [2.24, 2.45) is 0 Å². The second-order valence-electron chi connectivity index (χ2n) is 3.88. The Hall–Kier alpha value is -1.88. The Morgan fingerprint density at radius 3 is 2.84 bits per heavy atom. The number of halogens is 1. The molecule has 0 radical (unpaired) electrons. The number of hydrogen-bond donors (Lipinski definition) is 0. The average Bonchev–Trinajstić information content (AvgIpc) is 2.42. The van der Waals surface area contributed by atoms with E-state index in [1.165, 1.54) is 6.07 Å². The normalized spacial score (nSPS) is 10.2. The Bertz CT molecular complexity index is 637. The molecule has 0 N–H and O–H groups in total. The van der Waals surface area contributed by atoms with Gasteiger partial charge < -0.3 is 9.30 Å². The number of carbonyl (C=O) groups excluding carboxylic acids is 1. The zero-order valence-electron chi connectivity index (χ0n) is 10.1. The third-order valence-electron chi connectivity index (χ3n) is 2.59. The molecular weight excluding hydrogens is 310 g/mol. The predicted molar refractivity (Wildman–Crippen MR) is 75.7 cm³/mol. The molecule has 4 nitrogen and oxygen atoms in total. The highest BCUT2D eigenvalue weighted by Gasteiger charge is 2.03. The molecule has 2 rings (SSSR count). The van der Waals surface area contributed by atoms with Gasteiger partial charge in [0.2, 0.25) is 0 Å². The first-order valence-corrected chi connectivity index (χ1v) is 6.53. The SMILES string of the molecule is O=Cc1cc(Br)ccc1OCCn1ccccc1=O. The van der Waals surface area contributed by atoms with Crippen molar-refractivity contribution in [3.63, 3.8) is 0 Å². The molecule has 0 aliphatic rings. The molecule has 0 bridgehead atoms. The third kappa shape index (κ3) is 3.54. The van der Waals surface area contributed by atoms with Crippen molar-refractivity contribution in [3.8, 4) is 5.75 Å². The van der Waals surface area contributed by atoms with E-state index >= 15 is 0 Å². The van der Waals surface area contributed by atoms with Gasteiger partial charge in [0.05, 0.1) is 12.1 Å². The van der Waals surface area contributed by atoms with Gasteiger partial charge in [-0.25, -0.2) is 0 Å². The van der Waals surface area contributed by atoms with E-state index in [1.54, 1.807) is 41.1 Å². The van der Waals surface area contributed by atoms with E-state index in [0.717, 1.165) is 10.8 Å². The number of nitrogens with zero attached hydrogens (tertiary/aromatic N) is 1. The lowest BCUT2D eigenvalue weighted by molar-refractivity contribution is 0.111. The van der Waals surface area contributed by atoms with Gasteiger partial charge in [-0.15, -0.1) is 0 Å². The van der Waals surface area contributed by atoms with Crippen molar-refractivity contribution in [2.75, 3.05) is 6.61 Å². The van der Waals surface area contributed by atoms with Gasteiger partial charge >= 0.3 is 0 Å². The average molecular weight is 322 g/mol. The number of aldehydes is 1. The molecule has 0 unspecified atom stereocenters. The molecule has 98 valence electrons. The number of ether oxygens (including phenoxy) is 1. The minimum absolute atomic E-state index is 0.0717. The highest BCUT2D eigenvalue weighted by molar-refractivity contribution is 9.10. The Morgan fingerprint density at radius 2 is 2.11 bits per heavy atom. The van der Waals surface area contributed by atoms with Crippen LogP contribution in [0.3, 0.4) is 0 Å². The number of rotatable bonds is 5. The van der Waals surface area contributed by atoms with Gasteiger partial charge in [0.15, 0.2) is 6.29 Å². The Labute approximate surface area is 118 Å². The Morgan fingerprint density at radius 1 is 1.26 bits per heavy atom. The van der Waals surface area contributed by atoms with Crippen molar-refractivity contribution < 1.29 is 9.53 Å². The van der Waals surface area contributed by atoms with Gasteiger partial charge in [0.1, 0.15) is 12.4 Å². The van der Waals surface area contributed by atoms with Gasteiger partial charge in [0, 0.05) is 16.7 Å². The van der Waals surface area contributed by atoms with Crippen LogP contribution in [0.5, 0.6) is 5.75 Å². The molecule has 19 heavy (non-hydrogen) atoms. The van der Waals surface area contributed by atoms with Crippen molar-refractivity contribution in [2.45, 2.75) is 6.54 Å². The third-order valence-corrected chi connectivity index (χ3v) is 3.08. The quantitative estimate of drug-likeness (QED) is 0.795. The van der Waals surface area contributed by atoms with Crippen LogP contribution in [0.4, 0.5) is 0 Å². The molecule has 0 atom stereocenters. The van der Waals surface area contributed by atoms with Gasteiger partial charge in [0.25, 0.3) is 5.56 Å². The van der Waals surface area contributed by atoms with Gasteiger partial charge in [-0.3, -0.25) is 9.59 Å². The van der Waals surface area contributed by atoms with Crippen LogP contribution in [-0.2, 0) is 6.54 Å². The Balaban J connectivity index is 2.02. The summed E-state index contributed by atoms with van der Waals surface area (Å²) in [6, 6.07) is 10.2. The summed E-state index contributed by atoms with van der Waals surface area (Å²) in [7, 11) is 0. The summed E-state index contributed by atoms with van der Waals surface area (Å²) in [5.41, 5.74) is 0.410. The number of aromatic nitrogens is 1. The van der Waals surface area contributed by atoms with Crippen LogP contribution in [0, 0.1) is 0 Å². The van der Waals surface area contributed by atoms with Crippen molar-refractivity contribution in [1.82, 2.24) is 4.57 Å². The van der Waals surface area contributed by atoms with Crippen molar-refractivity contribution in [1.29, 1.82) is 0 Å². The summed E-state index contributed by atoms with van der Waals surface area (Å²) in [5.74, 6) is 0.516. The highest BCUT2D eigenvalue weighted by Crippen LogP contribution is 2.21. The first kappa shape index (κ1) is 13.5. The molecule has 1 aromatic heterocycles. The number of benzene rings is 1. The molecule has 1 heterocycles. The molecule has 0 aliphatic carbocycles. The van der Waals surface area contributed by atoms with Crippen LogP contribution in [0.2, 0.25) is 0 Å². The van der Waals surface area contributed by atoms with Crippen LogP contribution in [-0.4, -0.2) is 17.5 Å². The fourth-order valence-electron chi connectivity index (χ4n) is 1.64. The highest BCUT2D eigenvalue weighted by atomic mass is 79.9. The van der Waals surface area contributed by atoms with Crippen LogP contribution in [0.15, 0.2) is 51.9 Å². The summed E-state index contributed by atoms with van der Waals surface area (Å²) in [4.78, 5) is 22.4. The van der Waals surface area contributed by atoms with Gasteiger partial charge in [-0.2, -0.15) is 0 Å². The molecule has 0 spiro atoms. The van der Waals surface area contributed by atoms with Crippen LogP contribution < -0.4 is 10.3 Å². The molecule has 0 amide bonds. The summed E-state index contributed by atoms with van der Waals surface area (Å²) in [6.07, 6.45) is 2.45. The molecule has 2 aromatic rings. The first-order chi connectivity index (χ1) is 9.20. The zero-order chi connectivity index (χ0) is 13.7. The molecule has 1 aromatic carbocycles. The standard InChI is InChI=1S/C14H12BrNO3/c15-12-4-5-13(11(9-12)10-17)19-8-7-16-6-2-1-3-14(16)18/h1-6,9-10H,7-8H2. The summed E-state index contributed by atoms with van der Waals surface area (Å²) >= 11 is 3.29.